The van der Waals surface area contributed by atoms with E-state index in [1.165, 1.54) is 6.33 Å². The number of benzene rings is 1. The van der Waals surface area contributed by atoms with Crippen LogP contribution in [-0.4, -0.2) is 30.4 Å². The molecule has 0 saturated heterocycles. The van der Waals surface area contributed by atoms with Gasteiger partial charge < -0.3 is 0 Å². The number of hydrogen-bond acceptors (Lipinski definition) is 6. The number of anilines is 1. The zero-order valence-electron chi connectivity index (χ0n) is 15.6. The minimum Gasteiger partial charge on any atom is -0.265 e. The first-order valence-electron chi connectivity index (χ1n) is 8.86. The van der Waals surface area contributed by atoms with Crippen molar-refractivity contribution >= 4 is 11.5 Å². The summed E-state index contributed by atoms with van der Waals surface area (Å²) >= 11 is 0. The molecule has 7 heteroatoms. The van der Waals surface area contributed by atoms with Crippen LogP contribution in [0.1, 0.15) is 18.2 Å². The van der Waals surface area contributed by atoms with Crippen LogP contribution in [0.4, 0.5) is 5.82 Å². The average molecular weight is 369 g/mol. The maximum absolute atomic E-state index is 4.60. The third kappa shape index (κ3) is 3.78. The first kappa shape index (κ1) is 17.5. The van der Waals surface area contributed by atoms with Gasteiger partial charge in [0.25, 0.3) is 0 Å². The molecule has 0 aliphatic carbocycles. The second kappa shape index (κ2) is 7.79. The minimum atomic E-state index is 0.588. The number of rotatable bonds is 5. The molecule has 1 N–H and O–H groups in total. The van der Waals surface area contributed by atoms with Gasteiger partial charge in [0, 0.05) is 29.6 Å². The number of hydrazone groups is 1. The van der Waals surface area contributed by atoms with Gasteiger partial charge in [0.05, 0.1) is 17.1 Å². The molecule has 1 aromatic carbocycles. The van der Waals surface area contributed by atoms with E-state index in [0.717, 1.165) is 28.2 Å². The van der Waals surface area contributed by atoms with Gasteiger partial charge >= 0.3 is 0 Å². The molecular weight excluding hydrogens is 350 g/mol. The molecule has 4 aromatic rings. The van der Waals surface area contributed by atoms with E-state index in [-0.39, 0.29) is 0 Å². The average Bonchev–Trinajstić information content (AvgIpc) is 3.15. The van der Waals surface area contributed by atoms with E-state index in [1.807, 2.05) is 61.0 Å². The largest absolute Gasteiger partial charge is 0.265 e. The third-order valence-corrected chi connectivity index (χ3v) is 4.21. The molecule has 7 nitrogen and oxygen atoms in total. The molecule has 3 heterocycles. The molecule has 0 aliphatic rings. The van der Waals surface area contributed by atoms with Gasteiger partial charge in [-0.3, -0.25) is 10.4 Å². The standard InChI is InChI=1S/C21H19N7/c1-15-12-19(18-6-4-3-5-7-18)28(27-15)21-13-20(23-14-24-21)26-25-16(2)17-8-10-22-11-9-17/h3-14H,1-2H3,(H,23,24,26)/b25-16+. The fraction of sp³-hybridized carbons (Fsp3) is 0.0952. The summed E-state index contributed by atoms with van der Waals surface area (Å²) in [7, 11) is 0. The Morgan fingerprint density at radius 1 is 1.00 bits per heavy atom. The fourth-order valence-corrected chi connectivity index (χ4v) is 2.81. The number of aryl methyl sites for hydroxylation is 1. The highest BCUT2D eigenvalue weighted by Gasteiger charge is 2.11. The number of nitrogens with zero attached hydrogens (tertiary/aromatic N) is 6. The van der Waals surface area contributed by atoms with Crippen molar-refractivity contribution in [1.29, 1.82) is 0 Å². The van der Waals surface area contributed by atoms with Crippen molar-refractivity contribution < 1.29 is 0 Å². The summed E-state index contributed by atoms with van der Waals surface area (Å²) in [6.07, 6.45) is 4.98. The smallest absolute Gasteiger partial charge is 0.159 e. The molecule has 28 heavy (non-hydrogen) atoms. The number of aromatic nitrogens is 5. The van der Waals surface area contributed by atoms with Crippen molar-refractivity contribution in [3.63, 3.8) is 0 Å². The Hall–Kier alpha value is -3.87. The molecule has 138 valence electrons. The lowest BCUT2D eigenvalue weighted by Crippen LogP contribution is -2.05. The maximum Gasteiger partial charge on any atom is 0.159 e. The van der Waals surface area contributed by atoms with Gasteiger partial charge in [0.15, 0.2) is 11.6 Å². The minimum absolute atomic E-state index is 0.588. The van der Waals surface area contributed by atoms with E-state index in [1.54, 1.807) is 12.4 Å². The van der Waals surface area contributed by atoms with E-state index in [0.29, 0.717) is 11.6 Å². The summed E-state index contributed by atoms with van der Waals surface area (Å²) in [6.45, 7) is 3.89. The normalized spacial score (nSPS) is 11.4. The SMILES string of the molecule is C/C(=N\Nc1cc(-n2nc(C)cc2-c2ccccc2)ncn1)c1ccncc1. The summed E-state index contributed by atoms with van der Waals surface area (Å²) in [5.41, 5.74) is 7.78. The van der Waals surface area contributed by atoms with Crippen molar-refractivity contribution in [3.8, 4) is 17.1 Å². The third-order valence-electron chi connectivity index (χ3n) is 4.21. The van der Waals surface area contributed by atoms with Gasteiger partial charge in [-0.25, -0.2) is 14.6 Å². The molecule has 0 aliphatic heterocycles. The summed E-state index contributed by atoms with van der Waals surface area (Å²) in [5, 5.41) is 9.00. The van der Waals surface area contributed by atoms with Gasteiger partial charge in [-0.1, -0.05) is 30.3 Å². The first-order chi connectivity index (χ1) is 13.7. The molecule has 3 aromatic heterocycles. The molecule has 0 radical (unpaired) electrons. The maximum atomic E-state index is 4.60. The molecule has 0 bridgehead atoms. The predicted octanol–water partition coefficient (Wildman–Crippen LogP) is 3.87. The van der Waals surface area contributed by atoms with Gasteiger partial charge in [-0.2, -0.15) is 10.2 Å². The second-order valence-corrected chi connectivity index (χ2v) is 6.26. The van der Waals surface area contributed by atoms with Gasteiger partial charge in [0.1, 0.15) is 6.33 Å². The van der Waals surface area contributed by atoms with E-state index in [4.69, 9.17) is 0 Å². The molecule has 0 fully saturated rings. The zero-order valence-corrected chi connectivity index (χ0v) is 15.6. The monoisotopic (exact) mass is 369 g/mol. The summed E-state index contributed by atoms with van der Waals surface area (Å²) in [5.74, 6) is 1.26. The van der Waals surface area contributed by atoms with E-state index in [2.05, 4.69) is 42.7 Å². The van der Waals surface area contributed by atoms with Crippen molar-refractivity contribution in [3.05, 3.63) is 84.6 Å². The van der Waals surface area contributed by atoms with Crippen molar-refractivity contribution in [2.75, 3.05) is 5.43 Å². The molecule has 0 spiro atoms. The highest BCUT2D eigenvalue weighted by Crippen LogP contribution is 2.23. The second-order valence-electron chi connectivity index (χ2n) is 6.26. The van der Waals surface area contributed by atoms with E-state index < -0.39 is 0 Å². The summed E-state index contributed by atoms with van der Waals surface area (Å²) in [6, 6.07) is 17.8. The van der Waals surface area contributed by atoms with Crippen molar-refractivity contribution in [1.82, 2.24) is 24.7 Å². The lowest BCUT2D eigenvalue weighted by Gasteiger charge is -2.08. The van der Waals surface area contributed by atoms with E-state index >= 15 is 0 Å². The Bertz CT molecular complexity index is 1100. The Labute approximate surface area is 162 Å². The number of pyridine rings is 1. The quantitative estimate of drug-likeness (QED) is 0.427. The van der Waals surface area contributed by atoms with Crippen LogP contribution in [0.5, 0.6) is 0 Å². The molecule has 0 amide bonds. The van der Waals surface area contributed by atoms with Crippen LogP contribution in [0.25, 0.3) is 17.1 Å². The highest BCUT2D eigenvalue weighted by atomic mass is 15.3. The van der Waals surface area contributed by atoms with Gasteiger partial charge in [-0.05, 0) is 32.0 Å². The van der Waals surface area contributed by atoms with Crippen molar-refractivity contribution in [2.45, 2.75) is 13.8 Å². The Morgan fingerprint density at radius 2 is 1.79 bits per heavy atom. The van der Waals surface area contributed by atoms with Crippen LogP contribution in [0.3, 0.4) is 0 Å². The van der Waals surface area contributed by atoms with Crippen LogP contribution >= 0.6 is 0 Å². The summed E-state index contributed by atoms with van der Waals surface area (Å²) in [4.78, 5) is 12.7. The van der Waals surface area contributed by atoms with E-state index in [9.17, 15) is 0 Å². The summed E-state index contributed by atoms with van der Waals surface area (Å²) < 4.78 is 1.82. The van der Waals surface area contributed by atoms with Gasteiger partial charge in [-0.15, -0.1) is 0 Å². The zero-order chi connectivity index (χ0) is 19.3. The first-order valence-corrected chi connectivity index (χ1v) is 8.86. The Balaban J connectivity index is 1.64. The van der Waals surface area contributed by atoms with Crippen LogP contribution in [-0.2, 0) is 0 Å². The lowest BCUT2D eigenvalue weighted by atomic mass is 10.1. The number of nitrogens with one attached hydrogen (secondary N) is 1. The van der Waals surface area contributed by atoms with Crippen LogP contribution in [0, 0.1) is 6.92 Å². The predicted molar refractivity (Wildman–Crippen MR) is 109 cm³/mol. The van der Waals surface area contributed by atoms with Crippen LogP contribution in [0.2, 0.25) is 0 Å². The molecule has 4 rings (SSSR count). The molecular formula is C21H19N7. The van der Waals surface area contributed by atoms with Gasteiger partial charge in [0.2, 0.25) is 0 Å². The van der Waals surface area contributed by atoms with Crippen LogP contribution < -0.4 is 5.43 Å². The number of hydrogen-bond donors (Lipinski definition) is 1. The van der Waals surface area contributed by atoms with Crippen LogP contribution in [0.15, 0.2) is 78.4 Å². The Kier molecular flexibility index (Phi) is 4.88. The lowest BCUT2D eigenvalue weighted by molar-refractivity contribution is 0.832. The topological polar surface area (TPSA) is 80.9 Å². The van der Waals surface area contributed by atoms with Crippen molar-refractivity contribution in [2.24, 2.45) is 5.10 Å². The fourth-order valence-electron chi connectivity index (χ4n) is 2.81. The highest BCUT2D eigenvalue weighted by molar-refractivity contribution is 5.98. The molecule has 0 atom stereocenters. The Morgan fingerprint density at radius 3 is 2.57 bits per heavy atom. The molecule has 0 unspecified atom stereocenters. The molecule has 0 saturated carbocycles.